The van der Waals surface area contributed by atoms with Gasteiger partial charge >= 0.3 is 0 Å². The van der Waals surface area contributed by atoms with E-state index in [-0.39, 0.29) is 0 Å². The molecule has 20 heavy (non-hydrogen) atoms. The van der Waals surface area contributed by atoms with Crippen LogP contribution in [0.5, 0.6) is 5.75 Å². The van der Waals surface area contributed by atoms with Gasteiger partial charge in [-0.05, 0) is 31.0 Å². The number of imidazole rings is 1. The van der Waals surface area contributed by atoms with Crippen molar-refractivity contribution in [3.63, 3.8) is 0 Å². The molecular weight excluding hydrogens is 318 g/mol. The van der Waals surface area contributed by atoms with Crippen molar-refractivity contribution in [2.45, 2.75) is 32.0 Å². The Hall–Kier alpha value is -1.33. The molecule has 0 aliphatic heterocycles. The summed E-state index contributed by atoms with van der Waals surface area (Å²) in [6.45, 7) is 1.39. The van der Waals surface area contributed by atoms with Crippen LogP contribution in [0.15, 0.2) is 35.2 Å². The number of aromatic nitrogens is 2. The quantitative estimate of drug-likeness (QED) is 0.881. The Morgan fingerprint density at radius 3 is 3.00 bits per heavy atom. The molecule has 1 heterocycles. The molecule has 1 aliphatic carbocycles. The summed E-state index contributed by atoms with van der Waals surface area (Å²) >= 11 is 3.52. The van der Waals surface area contributed by atoms with E-state index in [0.29, 0.717) is 12.6 Å². The van der Waals surface area contributed by atoms with Crippen LogP contribution in [0.3, 0.4) is 0 Å². The molecule has 0 radical (unpaired) electrons. The highest BCUT2D eigenvalue weighted by Crippen LogP contribution is 2.26. The Balaban J connectivity index is 1.68. The molecule has 5 heteroatoms. The lowest BCUT2D eigenvalue weighted by atomic mass is 10.2. The normalized spacial score (nSPS) is 14.5. The number of nitrogens with one attached hydrogen (secondary N) is 1. The molecule has 2 aromatic rings. The number of hydrogen-bond acceptors (Lipinski definition) is 3. The Morgan fingerprint density at radius 2 is 2.30 bits per heavy atom. The van der Waals surface area contributed by atoms with Crippen LogP contribution in [0, 0.1) is 0 Å². The number of ether oxygens (including phenoxy) is 1. The molecule has 0 saturated heterocycles. The van der Waals surface area contributed by atoms with Crippen LogP contribution in [-0.4, -0.2) is 15.6 Å². The Kier molecular flexibility index (Phi) is 4.08. The van der Waals surface area contributed by atoms with Gasteiger partial charge in [-0.15, -0.1) is 0 Å². The largest absolute Gasteiger partial charge is 0.487 e. The lowest BCUT2D eigenvalue weighted by Gasteiger charge is -2.13. The second-order valence-electron chi connectivity index (χ2n) is 5.19. The molecule has 1 fully saturated rings. The monoisotopic (exact) mass is 335 g/mol. The highest BCUT2D eigenvalue weighted by molar-refractivity contribution is 9.10. The first-order valence-electron chi connectivity index (χ1n) is 6.82. The zero-order chi connectivity index (χ0) is 13.9. The molecular formula is C15H18BrN3O. The lowest BCUT2D eigenvalue weighted by Crippen LogP contribution is -2.16. The van der Waals surface area contributed by atoms with Crippen molar-refractivity contribution in [1.29, 1.82) is 0 Å². The van der Waals surface area contributed by atoms with Crippen molar-refractivity contribution in [2.24, 2.45) is 7.05 Å². The van der Waals surface area contributed by atoms with Crippen molar-refractivity contribution < 1.29 is 4.74 Å². The minimum absolute atomic E-state index is 0.536. The van der Waals surface area contributed by atoms with Gasteiger partial charge in [-0.25, -0.2) is 4.98 Å². The van der Waals surface area contributed by atoms with Gasteiger partial charge in [0.1, 0.15) is 12.4 Å². The van der Waals surface area contributed by atoms with E-state index in [1.165, 1.54) is 18.4 Å². The number of halogens is 1. The molecule has 1 aliphatic rings. The summed E-state index contributed by atoms with van der Waals surface area (Å²) in [5.41, 5.74) is 2.25. The van der Waals surface area contributed by atoms with E-state index in [2.05, 4.69) is 32.3 Å². The van der Waals surface area contributed by atoms with Crippen molar-refractivity contribution in [2.75, 3.05) is 0 Å². The van der Waals surface area contributed by atoms with Crippen LogP contribution >= 0.6 is 15.9 Å². The number of benzene rings is 1. The second-order valence-corrected chi connectivity index (χ2v) is 6.11. The van der Waals surface area contributed by atoms with E-state index in [1.54, 1.807) is 6.33 Å². The van der Waals surface area contributed by atoms with Gasteiger partial charge in [-0.2, -0.15) is 0 Å². The lowest BCUT2D eigenvalue weighted by molar-refractivity contribution is 0.293. The Morgan fingerprint density at radius 1 is 1.45 bits per heavy atom. The molecule has 0 atom stereocenters. The maximum Gasteiger partial charge on any atom is 0.130 e. The molecule has 0 unspecified atom stereocenters. The smallest absolute Gasteiger partial charge is 0.130 e. The van der Waals surface area contributed by atoms with Crippen LogP contribution in [-0.2, 0) is 20.2 Å². The van der Waals surface area contributed by atoms with Gasteiger partial charge in [0.05, 0.1) is 18.2 Å². The van der Waals surface area contributed by atoms with E-state index in [0.717, 1.165) is 22.5 Å². The van der Waals surface area contributed by atoms with Crippen molar-refractivity contribution in [3.05, 3.63) is 46.5 Å². The first-order chi connectivity index (χ1) is 9.72. The van der Waals surface area contributed by atoms with Gasteiger partial charge in [0.2, 0.25) is 0 Å². The average Bonchev–Trinajstić information content (AvgIpc) is 3.18. The summed E-state index contributed by atoms with van der Waals surface area (Å²) in [6.07, 6.45) is 6.20. The van der Waals surface area contributed by atoms with Crippen molar-refractivity contribution in [1.82, 2.24) is 14.9 Å². The third kappa shape index (κ3) is 3.41. The van der Waals surface area contributed by atoms with Crippen LogP contribution in [0.1, 0.15) is 24.1 Å². The van der Waals surface area contributed by atoms with Crippen molar-refractivity contribution in [3.8, 4) is 5.75 Å². The third-order valence-corrected chi connectivity index (χ3v) is 3.97. The van der Waals surface area contributed by atoms with Crippen LogP contribution in [0.25, 0.3) is 0 Å². The van der Waals surface area contributed by atoms with Crippen LogP contribution in [0.4, 0.5) is 0 Å². The summed E-state index contributed by atoms with van der Waals surface area (Å²) in [5, 5.41) is 3.53. The SMILES string of the molecule is Cn1cncc1COc1ccc(Br)cc1CNC1CC1. The maximum absolute atomic E-state index is 5.95. The van der Waals surface area contributed by atoms with Gasteiger partial charge in [0.25, 0.3) is 0 Å². The fourth-order valence-corrected chi connectivity index (χ4v) is 2.45. The summed E-state index contributed by atoms with van der Waals surface area (Å²) in [6, 6.07) is 6.84. The molecule has 106 valence electrons. The Bertz CT molecular complexity index is 593. The van der Waals surface area contributed by atoms with E-state index < -0.39 is 0 Å². The van der Waals surface area contributed by atoms with Gasteiger partial charge in [0.15, 0.2) is 0 Å². The standard InChI is InChI=1S/C15H18BrN3O/c1-19-10-17-8-14(19)9-20-15-5-2-12(16)6-11(15)7-18-13-3-4-13/h2,5-6,8,10,13,18H,3-4,7,9H2,1H3. The summed E-state index contributed by atoms with van der Waals surface area (Å²) in [5.74, 6) is 0.933. The van der Waals surface area contributed by atoms with Gasteiger partial charge in [-0.1, -0.05) is 15.9 Å². The molecule has 3 rings (SSSR count). The van der Waals surface area contributed by atoms with Crippen molar-refractivity contribution >= 4 is 15.9 Å². The maximum atomic E-state index is 5.95. The predicted octanol–water partition coefficient (Wildman–Crippen LogP) is 3.01. The van der Waals surface area contributed by atoms with E-state index >= 15 is 0 Å². The number of nitrogens with zero attached hydrogens (tertiary/aromatic N) is 2. The summed E-state index contributed by atoms with van der Waals surface area (Å²) < 4.78 is 9.00. The van der Waals surface area contributed by atoms with E-state index in [4.69, 9.17) is 4.74 Å². The molecule has 4 nitrogen and oxygen atoms in total. The van der Waals surface area contributed by atoms with Crippen LogP contribution < -0.4 is 10.1 Å². The number of rotatable bonds is 6. The molecule has 0 bridgehead atoms. The molecule has 1 aromatic heterocycles. The number of aryl methyl sites for hydroxylation is 1. The fraction of sp³-hybridized carbons (Fsp3) is 0.400. The highest BCUT2D eigenvalue weighted by Gasteiger charge is 2.20. The molecule has 1 aromatic carbocycles. The summed E-state index contributed by atoms with van der Waals surface area (Å²) in [7, 11) is 1.98. The zero-order valence-electron chi connectivity index (χ0n) is 11.5. The number of hydrogen-bond donors (Lipinski definition) is 1. The summed E-state index contributed by atoms with van der Waals surface area (Å²) in [4.78, 5) is 4.10. The predicted molar refractivity (Wildman–Crippen MR) is 81.5 cm³/mol. The van der Waals surface area contributed by atoms with Gasteiger partial charge in [-0.3, -0.25) is 0 Å². The van der Waals surface area contributed by atoms with Gasteiger partial charge in [0, 0.05) is 29.7 Å². The van der Waals surface area contributed by atoms with Gasteiger partial charge < -0.3 is 14.6 Å². The first-order valence-corrected chi connectivity index (χ1v) is 7.61. The molecule has 0 amide bonds. The topological polar surface area (TPSA) is 39.1 Å². The zero-order valence-corrected chi connectivity index (χ0v) is 13.1. The minimum Gasteiger partial charge on any atom is -0.487 e. The Labute approximate surface area is 127 Å². The fourth-order valence-electron chi connectivity index (χ4n) is 2.04. The third-order valence-electron chi connectivity index (χ3n) is 3.47. The minimum atomic E-state index is 0.536. The second kappa shape index (κ2) is 5.97. The molecule has 1 N–H and O–H groups in total. The molecule has 0 spiro atoms. The average molecular weight is 336 g/mol. The van der Waals surface area contributed by atoms with E-state index in [1.807, 2.05) is 29.9 Å². The van der Waals surface area contributed by atoms with E-state index in [9.17, 15) is 0 Å². The highest BCUT2D eigenvalue weighted by atomic mass is 79.9. The first kappa shape index (κ1) is 13.6. The molecule has 1 saturated carbocycles. The van der Waals surface area contributed by atoms with Crippen LogP contribution in [0.2, 0.25) is 0 Å².